The number of nitrogens with zero attached hydrogens (tertiary/aromatic N) is 3. The first-order valence-corrected chi connectivity index (χ1v) is 8.97. The standard InChI is InChI=1S/C20H23N3O3/c1-13-19(14(2)26-21-13)20(24)23-11-7-15(8-12-23)25-18-6-4-5-17-16(18)9-10-22(17)3/h4-6,9-10,15H,7-8,11-12H2,1-3H3. The summed E-state index contributed by atoms with van der Waals surface area (Å²) in [5, 5.41) is 5.01. The van der Waals surface area contributed by atoms with Crippen LogP contribution in [0.5, 0.6) is 5.75 Å². The van der Waals surface area contributed by atoms with Crippen molar-refractivity contribution in [3.05, 3.63) is 47.5 Å². The molecule has 2 aromatic heterocycles. The second-order valence-electron chi connectivity index (χ2n) is 6.92. The van der Waals surface area contributed by atoms with Crippen LogP contribution in [0.1, 0.15) is 34.7 Å². The smallest absolute Gasteiger partial charge is 0.259 e. The summed E-state index contributed by atoms with van der Waals surface area (Å²) >= 11 is 0. The highest BCUT2D eigenvalue weighted by Crippen LogP contribution is 2.29. The molecule has 1 saturated heterocycles. The van der Waals surface area contributed by atoms with Crippen LogP contribution >= 0.6 is 0 Å². The number of benzene rings is 1. The van der Waals surface area contributed by atoms with Crippen LogP contribution in [0.15, 0.2) is 35.0 Å². The van der Waals surface area contributed by atoms with Gasteiger partial charge >= 0.3 is 0 Å². The highest BCUT2D eigenvalue weighted by Gasteiger charge is 2.28. The highest BCUT2D eigenvalue weighted by atomic mass is 16.5. The lowest BCUT2D eigenvalue weighted by molar-refractivity contribution is 0.0596. The van der Waals surface area contributed by atoms with Crippen molar-refractivity contribution in [2.75, 3.05) is 13.1 Å². The second-order valence-corrected chi connectivity index (χ2v) is 6.92. The Morgan fingerprint density at radius 3 is 2.69 bits per heavy atom. The SMILES string of the molecule is Cc1noc(C)c1C(=O)N1CCC(Oc2cccc3c2ccn3C)CC1. The number of carbonyl (C=O) groups is 1. The van der Waals surface area contributed by atoms with Gasteiger partial charge in [0, 0.05) is 44.6 Å². The van der Waals surface area contributed by atoms with Crippen LogP contribution in [-0.2, 0) is 7.05 Å². The largest absolute Gasteiger partial charge is 0.490 e. The predicted molar refractivity (Wildman–Crippen MR) is 98.4 cm³/mol. The normalized spacial score (nSPS) is 15.6. The van der Waals surface area contributed by atoms with E-state index in [1.165, 1.54) is 0 Å². The molecule has 1 amide bonds. The zero-order chi connectivity index (χ0) is 18.3. The van der Waals surface area contributed by atoms with Crippen LogP contribution in [0.4, 0.5) is 0 Å². The summed E-state index contributed by atoms with van der Waals surface area (Å²) in [5.74, 6) is 1.50. The number of aryl methyl sites for hydroxylation is 3. The van der Waals surface area contributed by atoms with E-state index >= 15 is 0 Å². The Balaban J connectivity index is 1.43. The van der Waals surface area contributed by atoms with E-state index in [0.717, 1.165) is 29.5 Å². The second kappa shape index (κ2) is 6.52. The van der Waals surface area contributed by atoms with E-state index in [-0.39, 0.29) is 12.0 Å². The fourth-order valence-corrected chi connectivity index (χ4v) is 3.68. The highest BCUT2D eigenvalue weighted by molar-refractivity contribution is 5.96. The third-order valence-corrected chi connectivity index (χ3v) is 5.16. The van der Waals surface area contributed by atoms with Crippen molar-refractivity contribution in [2.45, 2.75) is 32.8 Å². The first-order chi connectivity index (χ1) is 12.5. The number of piperidine rings is 1. The van der Waals surface area contributed by atoms with Crippen molar-refractivity contribution in [3.63, 3.8) is 0 Å². The lowest BCUT2D eigenvalue weighted by Crippen LogP contribution is -2.42. The van der Waals surface area contributed by atoms with E-state index in [1.807, 2.05) is 30.3 Å². The molecule has 3 heterocycles. The van der Waals surface area contributed by atoms with Crippen molar-refractivity contribution >= 4 is 16.8 Å². The summed E-state index contributed by atoms with van der Waals surface area (Å²) in [6.45, 7) is 4.94. The summed E-state index contributed by atoms with van der Waals surface area (Å²) in [5.41, 5.74) is 2.41. The monoisotopic (exact) mass is 353 g/mol. The molecule has 1 aromatic carbocycles. The Morgan fingerprint density at radius 2 is 2.00 bits per heavy atom. The maximum Gasteiger partial charge on any atom is 0.259 e. The van der Waals surface area contributed by atoms with Gasteiger partial charge in [-0.15, -0.1) is 0 Å². The van der Waals surface area contributed by atoms with Crippen molar-refractivity contribution in [2.24, 2.45) is 7.05 Å². The molecule has 0 atom stereocenters. The van der Waals surface area contributed by atoms with Gasteiger partial charge < -0.3 is 18.7 Å². The fraction of sp³-hybridized carbons (Fsp3) is 0.400. The van der Waals surface area contributed by atoms with Gasteiger partial charge in [-0.1, -0.05) is 11.2 Å². The zero-order valence-electron chi connectivity index (χ0n) is 15.4. The van der Waals surface area contributed by atoms with Crippen LogP contribution in [0.2, 0.25) is 0 Å². The summed E-state index contributed by atoms with van der Waals surface area (Å²) in [6, 6.07) is 8.21. The number of amides is 1. The Labute approximate surface area is 152 Å². The zero-order valence-corrected chi connectivity index (χ0v) is 15.4. The number of fused-ring (bicyclic) bond motifs is 1. The van der Waals surface area contributed by atoms with Gasteiger partial charge in [0.25, 0.3) is 5.91 Å². The van der Waals surface area contributed by atoms with Crippen LogP contribution in [0.3, 0.4) is 0 Å². The van der Waals surface area contributed by atoms with Crippen molar-refractivity contribution in [1.82, 2.24) is 14.6 Å². The van der Waals surface area contributed by atoms with Gasteiger partial charge in [0.1, 0.15) is 23.2 Å². The number of ether oxygens (including phenoxy) is 1. The molecule has 6 nitrogen and oxygen atoms in total. The minimum atomic E-state index is 0.00450. The molecule has 0 saturated carbocycles. The Hall–Kier alpha value is -2.76. The third kappa shape index (κ3) is 2.85. The molecule has 136 valence electrons. The van der Waals surface area contributed by atoms with Gasteiger partial charge in [-0.05, 0) is 32.0 Å². The number of hydrogen-bond donors (Lipinski definition) is 0. The molecule has 3 aromatic rings. The van der Waals surface area contributed by atoms with Crippen LogP contribution in [0.25, 0.3) is 10.9 Å². The van der Waals surface area contributed by atoms with Crippen molar-refractivity contribution < 1.29 is 14.1 Å². The van der Waals surface area contributed by atoms with E-state index in [9.17, 15) is 4.79 Å². The third-order valence-electron chi connectivity index (χ3n) is 5.16. The van der Waals surface area contributed by atoms with Crippen molar-refractivity contribution in [1.29, 1.82) is 0 Å². The van der Waals surface area contributed by atoms with E-state index in [1.54, 1.807) is 13.8 Å². The molecule has 1 aliphatic heterocycles. The minimum absolute atomic E-state index is 0.00450. The first kappa shape index (κ1) is 16.7. The molecule has 0 bridgehead atoms. The number of likely N-dealkylation sites (tertiary alicyclic amines) is 1. The minimum Gasteiger partial charge on any atom is -0.490 e. The molecule has 0 aliphatic carbocycles. The van der Waals surface area contributed by atoms with Gasteiger partial charge in [0.05, 0.1) is 11.2 Å². The van der Waals surface area contributed by atoms with Crippen molar-refractivity contribution in [3.8, 4) is 5.75 Å². The maximum absolute atomic E-state index is 12.7. The first-order valence-electron chi connectivity index (χ1n) is 8.97. The lowest BCUT2D eigenvalue weighted by atomic mass is 10.1. The lowest BCUT2D eigenvalue weighted by Gasteiger charge is -2.32. The molecule has 0 radical (unpaired) electrons. The van der Waals surface area contributed by atoms with Gasteiger partial charge in [-0.3, -0.25) is 4.79 Å². The molecular formula is C20H23N3O3. The quantitative estimate of drug-likeness (QED) is 0.723. The molecule has 6 heteroatoms. The number of rotatable bonds is 3. The molecule has 0 spiro atoms. The fourth-order valence-electron chi connectivity index (χ4n) is 3.68. The topological polar surface area (TPSA) is 60.5 Å². The predicted octanol–water partition coefficient (Wildman–Crippen LogP) is 3.47. The van der Waals surface area contributed by atoms with Gasteiger partial charge in [0.15, 0.2) is 0 Å². The summed E-state index contributed by atoms with van der Waals surface area (Å²) < 4.78 is 13.5. The van der Waals surface area contributed by atoms with Crippen LogP contribution in [-0.4, -0.2) is 39.7 Å². The maximum atomic E-state index is 12.7. The summed E-state index contributed by atoms with van der Waals surface area (Å²) in [6.07, 6.45) is 3.80. The number of hydrogen-bond acceptors (Lipinski definition) is 4. The Morgan fingerprint density at radius 1 is 1.23 bits per heavy atom. The van der Waals surface area contributed by atoms with E-state index in [0.29, 0.717) is 30.1 Å². The molecular weight excluding hydrogens is 330 g/mol. The Kier molecular flexibility index (Phi) is 4.18. The van der Waals surface area contributed by atoms with Gasteiger partial charge in [0.2, 0.25) is 0 Å². The molecule has 4 rings (SSSR count). The molecule has 1 fully saturated rings. The average molecular weight is 353 g/mol. The molecule has 1 aliphatic rings. The van der Waals surface area contributed by atoms with Crippen LogP contribution < -0.4 is 4.74 Å². The number of carbonyl (C=O) groups excluding carboxylic acids is 1. The summed E-state index contributed by atoms with van der Waals surface area (Å²) in [4.78, 5) is 14.6. The summed E-state index contributed by atoms with van der Waals surface area (Å²) in [7, 11) is 2.03. The van der Waals surface area contributed by atoms with Gasteiger partial charge in [-0.2, -0.15) is 0 Å². The molecule has 26 heavy (non-hydrogen) atoms. The van der Waals surface area contributed by atoms with E-state index in [2.05, 4.69) is 21.9 Å². The number of aromatic nitrogens is 2. The van der Waals surface area contributed by atoms with Gasteiger partial charge in [-0.25, -0.2) is 0 Å². The van der Waals surface area contributed by atoms with E-state index in [4.69, 9.17) is 9.26 Å². The molecule has 0 N–H and O–H groups in total. The van der Waals surface area contributed by atoms with E-state index < -0.39 is 0 Å². The molecule has 0 unspecified atom stereocenters. The van der Waals surface area contributed by atoms with Crippen LogP contribution in [0, 0.1) is 13.8 Å². The average Bonchev–Trinajstić information content (AvgIpc) is 3.18. The Bertz CT molecular complexity index is 929.